The molecule has 0 unspecified atom stereocenters. The number of rotatable bonds is 2. The number of Topliss-reactive ketones (excluding diaryl/α,β-unsaturated/α-hetero) is 1. The topological polar surface area (TPSA) is 70.1 Å². The van der Waals surface area contributed by atoms with Gasteiger partial charge in [0, 0.05) is 23.4 Å². The van der Waals surface area contributed by atoms with Gasteiger partial charge in [-0.2, -0.15) is 5.26 Å². The van der Waals surface area contributed by atoms with Gasteiger partial charge >= 0.3 is 0 Å². The Morgan fingerprint density at radius 1 is 1.14 bits per heavy atom. The van der Waals surface area contributed by atoms with E-state index in [1.165, 1.54) is 12.1 Å². The van der Waals surface area contributed by atoms with Crippen molar-refractivity contribution in [2.24, 2.45) is 5.73 Å². The summed E-state index contributed by atoms with van der Waals surface area (Å²) in [5.41, 5.74) is 12.0. The van der Waals surface area contributed by atoms with Crippen LogP contribution in [-0.4, -0.2) is 5.78 Å². The van der Waals surface area contributed by atoms with E-state index in [-0.39, 0.29) is 11.6 Å². The molecule has 1 aliphatic carbocycles. The Hall–Kier alpha value is -3.39. The predicted octanol–water partition coefficient (Wildman–Crippen LogP) is 4.75. The quantitative estimate of drug-likeness (QED) is 0.807. The molecular weight excluding hydrogens is 365 g/mol. The van der Waals surface area contributed by atoms with Gasteiger partial charge < -0.3 is 5.73 Å². The van der Waals surface area contributed by atoms with Crippen LogP contribution in [0.15, 0.2) is 65.1 Å². The summed E-state index contributed by atoms with van der Waals surface area (Å²) in [5.74, 6) is -0.475. The molecule has 0 fully saturated rings. The minimum Gasteiger partial charge on any atom is -0.384 e. The summed E-state index contributed by atoms with van der Waals surface area (Å²) < 4.78 is 13.5. The van der Waals surface area contributed by atoms with Crippen LogP contribution in [0.25, 0.3) is 0 Å². The number of hydrogen-bond acceptors (Lipinski definition) is 4. The number of nitrogens with zero attached hydrogens (tertiary/aromatic N) is 2. The molecule has 0 amide bonds. The van der Waals surface area contributed by atoms with Crippen molar-refractivity contribution in [3.05, 3.63) is 87.6 Å². The Kier molecular flexibility index (Phi) is 4.71. The average Bonchev–Trinajstić information content (AvgIpc) is 2.69. The SMILES string of the molecule is Cc1ccc([C@@H]2C(C#N)=C(N)N(c3ccc(F)cc3)C3=C2C(=O)CCC3)c(C)c1. The summed E-state index contributed by atoms with van der Waals surface area (Å²) in [6.45, 7) is 4.01. The third kappa shape index (κ3) is 3.11. The van der Waals surface area contributed by atoms with Gasteiger partial charge in [-0.25, -0.2) is 4.39 Å². The van der Waals surface area contributed by atoms with Crippen LogP contribution in [-0.2, 0) is 4.79 Å². The Balaban J connectivity index is 1.98. The summed E-state index contributed by atoms with van der Waals surface area (Å²) in [6.07, 6.45) is 1.86. The van der Waals surface area contributed by atoms with Gasteiger partial charge in [0.25, 0.3) is 0 Å². The molecule has 4 rings (SSSR count). The fourth-order valence-electron chi connectivity index (χ4n) is 4.43. The van der Waals surface area contributed by atoms with Gasteiger partial charge in [0.2, 0.25) is 0 Å². The molecule has 1 atom stereocenters. The molecule has 0 radical (unpaired) electrons. The molecule has 2 aromatic rings. The number of hydrogen-bond donors (Lipinski definition) is 1. The number of nitrogens with two attached hydrogens (primary N) is 1. The third-order valence-electron chi connectivity index (χ3n) is 5.73. The van der Waals surface area contributed by atoms with E-state index in [1.807, 2.05) is 26.0 Å². The number of carbonyl (C=O) groups is 1. The lowest BCUT2D eigenvalue weighted by atomic mass is 9.74. The first-order chi connectivity index (χ1) is 13.9. The molecule has 0 spiro atoms. The second-order valence-corrected chi connectivity index (χ2v) is 7.65. The molecule has 5 heteroatoms. The van der Waals surface area contributed by atoms with Gasteiger partial charge in [-0.3, -0.25) is 9.69 Å². The normalized spacial score (nSPS) is 19.3. The zero-order valence-corrected chi connectivity index (χ0v) is 16.5. The fraction of sp³-hybridized carbons (Fsp3) is 0.250. The van der Waals surface area contributed by atoms with Crippen LogP contribution in [0.2, 0.25) is 0 Å². The first-order valence-electron chi connectivity index (χ1n) is 9.71. The number of benzene rings is 2. The standard InChI is InChI=1S/C24H22FN3O/c1-14-6-11-18(15(2)12-14)22-19(13-26)24(27)28(17-9-7-16(25)8-10-17)20-4-3-5-21(29)23(20)22/h6-12,22H,3-5,27H2,1-2H3/t22-/m1/s1. The molecule has 0 saturated heterocycles. The number of nitriles is 1. The number of carbonyl (C=O) groups excluding carboxylic acids is 1. The first-order valence-corrected chi connectivity index (χ1v) is 9.71. The highest BCUT2D eigenvalue weighted by molar-refractivity contribution is 6.01. The van der Waals surface area contributed by atoms with E-state index in [4.69, 9.17) is 5.73 Å². The Labute approximate surface area is 169 Å². The van der Waals surface area contributed by atoms with E-state index in [0.29, 0.717) is 35.5 Å². The maximum atomic E-state index is 13.5. The monoisotopic (exact) mass is 387 g/mol. The maximum absolute atomic E-state index is 13.5. The molecule has 1 heterocycles. The average molecular weight is 387 g/mol. The lowest BCUT2D eigenvalue weighted by Crippen LogP contribution is -2.38. The molecule has 1 aliphatic heterocycles. The summed E-state index contributed by atoms with van der Waals surface area (Å²) in [6, 6.07) is 14.3. The highest BCUT2D eigenvalue weighted by Crippen LogP contribution is 2.46. The molecule has 2 aliphatic rings. The molecule has 29 heavy (non-hydrogen) atoms. The third-order valence-corrected chi connectivity index (χ3v) is 5.73. The fourth-order valence-corrected chi connectivity index (χ4v) is 4.43. The van der Waals surface area contributed by atoms with Crippen molar-refractivity contribution >= 4 is 11.5 Å². The van der Waals surface area contributed by atoms with Gasteiger partial charge in [-0.1, -0.05) is 23.8 Å². The van der Waals surface area contributed by atoms with Crippen molar-refractivity contribution < 1.29 is 9.18 Å². The summed E-state index contributed by atoms with van der Waals surface area (Å²) in [5, 5.41) is 10.0. The number of halogens is 1. The number of aryl methyl sites for hydroxylation is 2. The van der Waals surface area contributed by atoms with Crippen LogP contribution in [0, 0.1) is 31.0 Å². The van der Waals surface area contributed by atoms with Crippen molar-refractivity contribution in [2.75, 3.05) is 4.90 Å². The van der Waals surface area contributed by atoms with Crippen molar-refractivity contribution in [1.29, 1.82) is 5.26 Å². The lowest BCUT2D eigenvalue weighted by molar-refractivity contribution is -0.116. The lowest BCUT2D eigenvalue weighted by Gasteiger charge is -2.40. The molecule has 2 N–H and O–H groups in total. The van der Waals surface area contributed by atoms with Gasteiger partial charge in [-0.15, -0.1) is 0 Å². The van der Waals surface area contributed by atoms with Crippen LogP contribution < -0.4 is 10.6 Å². The predicted molar refractivity (Wildman–Crippen MR) is 110 cm³/mol. The zero-order chi connectivity index (χ0) is 20.7. The van der Waals surface area contributed by atoms with Crippen molar-refractivity contribution in [3.63, 3.8) is 0 Å². The van der Waals surface area contributed by atoms with Crippen molar-refractivity contribution in [1.82, 2.24) is 0 Å². The smallest absolute Gasteiger partial charge is 0.161 e. The molecule has 4 nitrogen and oxygen atoms in total. The Morgan fingerprint density at radius 3 is 2.52 bits per heavy atom. The van der Waals surface area contributed by atoms with Crippen LogP contribution in [0.5, 0.6) is 0 Å². The van der Waals surface area contributed by atoms with E-state index in [2.05, 4.69) is 12.1 Å². The molecule has 146 valence electrons. The number of anilines is 1. The second-order valence-electron chi connectivity index (χ2n) is 7.65. The maximum Gasteiger partial charge on any atom is 0.161 e. The van der Waals surface area contributed by atoms with Crippen LogP contribution in [0.4, 0.5) is 10.1 Å². The van der Waals surface area contributed by atoms with Gasteiger partial charge in [0.05, 0.1) is 17.6 Å². The molecule has 0 bridgehead atoms. The Bertz CT molecular complexity index is 1110. The summed E-state index contributed by atoms with van der Waals surface area (Å²) >= 11 is 0. The molecular formula is C24H22FN3O. The molecule has 0 aromatic heterocycles. The van der Waals surface area contributed by atoms with Crippen molar-refractivity contribution in [2.45, 2.75) is 39.0 Å². The first kappa shape index (κ1) is 18.9. The Morgan fingerprint density at radius 2 is 1.86 bits per heavy atom. The van der Waals surface area contributed by atoms with Gasteiger partial charge in [-0.05, 0) is 62.1 Å². The van der Waals surface area contributed by atoms with E-state index >= 15 is 0 Å². The molecule has 2 aromatic carbocycles. The van der Waals surface area contributed by atoms with Crippen molar-refractivity contribution in [3.8, 4) is 6.07 Å². The zero-order valence-electron chi connectivity index (χ0n) is 16.5. The van der Waals surface area contributed by atoms with E-state index in [1.54, 1.807) is 17.0 Å². The van der Waals surface area contributed by atoms with E-state index in [0.717, 1.165) is 28.8 Å². The summed E-state index contributed by atoms with van der Waals surface area (Å²) in [4.78, 5) is 14.8. The minimum absolute atomic E-state index is 0.0450. The highest BCUT2D eigenvalue weighted by Gasteiger charge is 2.40. The largest absolute Gasteiger partial charge is 0.384 e. The van der Waals surface area contributed by atoms with Gasteiger partial charge in [0.1, 0.15) is 11.6 Å². The number of allylic oxidation sites excluding steroid dienone is 3. The van der Waals surface area contributed by atoms with E-state index in [9.17, 15) is 14.4 Å². The summed E-state index contributed by atoms with van der Waals surface area (Å²) in [7, 11) is 0. The number of ketones is 1. The molecule has 0 saturated carbocycles. The van der Waals surface area contributed by atoms with Crippen LogP contribution in [0.3, 0.4) is 0 Å². The minimum atomic E-state index is -0.472. The second kappa shape index (κ2) is 7.21. The van der Waals surface area contributed by atoms with Crippen LogP contribution in [0.1, 0.15) is 41.9 Å². The van der Waals surface area contributed by atoms with Gasteiger partial charge in [0.15, 0.2) is 5.78 Å². The van der Waals surface area contributed by atoms with Crippen LogP contribution >= 0.6 is 0 Å². The van der Waals surface area contributed by atoms with E-state index < -0.39 is 5.92 Å². The highest BCUT2D eigenvalue weighted by atomic mass is 19.1.